The zero-order valence-electron chi connectivity index (χ0n) is 12.0. The van der Waals surface area contributed by atoms with Gasteiger partial charge in [-0.25, -0.2) is 4.79 Å². The van der Waals surface area contributed by atoms with Gasteiger partial charge in [-0.1, -0.05) is 6.07 Å². The Morgan fingerprint density at radius 3 is 2.63 bits per heavy atom. The van der Waals surface area contributed by atoms with Crippen LogP contribution < -0.4 is 5.32 Å². The van der Waals surface area contributed by atoms with Crippen molar-refractivity contribution in [2.75, 3.05) is 34.2 Å². The molecule has 0 aliphatic rings. The SMILES string of the molecule is CC(O)CN(C)C(=O)NCC(c1cccs1)N(C)C. The van der Waals surface area contributed by atoms with Gasteiger partial charge in [0.05, 0.1) is 12.1 Å². The molecule has 6 heteroatoms. The average Bonchev–Trinajstić information content (AvgIpc) is 2.81. The normalized spacial score (nSPS) is 14.2. The molecule has 1 heterocycles. The number of rotatable bonds is 6. The minimum absolute atomic E-state index is 0.163. The van der Waals surface area contributed by atoms with Crippen LogP contribution in [0.5, 0.6) is 0 Å². The summed E-state index contributed by atoms with van der Waals surface area (Å²) in [5.74, 6) is 0. The summed E-state index contributed by atoms with van der Waals surface area (Å²) >= 11 is 1.68. The number of likely N-dealkylation sites (N-methyl/N-ethyl adjacent to an activating group) is 2. The van der Waals surface area contributed by atoms with E-state index in [4.69, 9.17) is 0 Å². The fraction of sp³-hybridized carbons (Fsp3) is 0.615. The van der Waals surface area contributed by atoms with E-state index in [1.165, 1.54) is 9.78 Å². The molecular weight excluding hydrogens is 262 g/mol. The molecule has 0 aliphatic heterocycles. The second-order valence-electron chi connectivity index (χ2n) is 4.91. The maximum absolute atomic E-state index is 11.9. The molecule has 0 saturated heterocycles. The van der Waals surface area contributed by atoms with E-state index in [1.54, 1.807) is 25.3 Å². The number of hydrogen-bond acceptors (Lipinski definition) is 4. The number of nitrogens with one attached hydrogen (secondary N) is 1. The molecule has 5 nitrogen and oxygen atoms in total. The Hall–Kier alpha value is -1.11. The van der Waals surface area contributed by atoms with Crippen molar-refractivity contribution in [3.63, 3.8) is 0 Å². The van der Waals surface area contributed by atoms with Crippen LogP contribution in [0.3, 0.4) is 0 Å². The van der Waals surface area contributed by atoms with Gasteiger partial charge in [-0.2, -0.15) is 0 Å². The Labute approximate surface area is 118 Å². The van der Waals surface area contributed by atoms with Crippen LogP contribution in [0, 0.1) is 0 Å². The van der Waals surface area contributed by atoms with Crippen LogP contribution in [0.4, 0.5) is 4.79 Å². The minimum Gasteiger partial charge on any atom is -0.392 e. The van der Waals surface area contributed by atoms with E-state index >= 15 is 0 Å². The van der Waals surface area contributed by atoms with Crippen LogP contribution in [0.1, 0.15) is 17.8 Å². The van der Waals surface area contributed by atoms with Crippen molar-refractivity contribution in [1.29, 1.82) is 0 Å². The van der Waals surface area contributed by atoms with E-state index < -0.39 is 6.10 Å². The maximum atomic E-state index is 11.9. The third-order valence-electron chi connectivity index (χ3n) is 2.83. The zero-order chi connectivity index (χ0) is 14.4. The molecule has 0 saturated carbocycles. The fourth-order valence-electron chi connectivity index (χ4n) is 1.82. The van der Waals surface area contributed by atoms with Gasteiger partial charge in [0.1, 0.15) is 0 Å². The van der Waals surface area contributed by atoms with Crippen molar-refractivity contribution in [3.05, 3.63) is 22.4 Å². The summed E-state index contributed by atoms with van der Waals surface area (Å²) in [6.07, 6.45) is -0.516. The Balaban J connectivity index is 2.51. The first-order valence-electron chi connectivity index (χ1n) is 6.28. The molecule has 0 aromatic carbocycles. The van der Waals surface area contributed by atoms with Gasteiger partial charge in [0.15, 0.2) is 0 Å². The summed E-state index contributed by atoms with van der Waals surface area (Å²) in [6.45, 7) is 2.55. The number of thiophene rings is 1. The first-order valence-corrected chi connectivity index (χ1v) is 7.16. The van der Waals surface area contributed by atoms with Crippen molar-refractivity contribution < 1.29 is 9.90 Å². The monoisotopic (exact) mass is 285 g/mol. The molecule has 2 unspecified atom stereocenters. The number of hydrogen-bond donors (Lipinski definition) is 2. The van der Waals surface area contributed by atoms with Crippen LogP contribution >= 0.6 is 11.3 Å². The molecule has 0 fully saturated rings. The van der Waals surface area contributed by atoms with Gasteiger partial charge in [-0.3, -0.25) is 0 Å². The Kier molecular flexibility index (Phi) is 6.27. The number of urea groups is 1. The minimum atomic E-state index is -0.516. The molecule has 0 spiro atoms. The molecule has 19 heavy (non-hydrogen) atoms. The first kappa shape index (κ1) is 15.9. The maximum Gasteiger partial charge on any atom is 0.317 e. The van der Waals surface area contributed by atoms with Crippen molar-refractivity contribution in [2.24, 2.45) is 0 Å². The summed E-state index contributed by atoms with van der Waals surface area (Å²) in [6, 6.07) is 4.09. The van der Waals surface area contributed by atoms with Gasteiger partial charge >= 0.3 is 6.03 Å². The third kappa shape index (κ3) is 5.18. The second-order valence-corrected chi connectivity index (χ2v) is 5.89. The van der Waals surface area contributed by atoms with Crippen LogP contribution in [0.15, 0.2) is 17.5 Å². The molecule has 2 amide bonds. The number of carbonyl (C=O) groups is 1. The molecular formula is C13H23N3O2S. The van der Waals surface area contributed by atoms with Crippen LogP contribution in [0.25, 0.3) is 0 Å². The summed E-state index contributed by atoms with van der Waals surface area (Å²) < 4.78 is 0. The topological polar surface area (TPSA) is 55.8 Å². The van der Waals surface area contributed by atoms with Crippen LogP contribution in [-0.2, 0) is 0 Å². The predicted molar refractivity (Wildman–Crippen MR) is 78.5 cm³/mol. The highest BCUT2D eigenvalue weighted by Crippen LogP contribution is 2.22. The Bertz CT molecular complexity index is 379. The lowest BCUT2D eigenvalue weighted by atomic mass is 10.2. The Morgan fingerprint density at radius 1 is 1.47 bits per heavy atom. The van der Waals surface area contributed by atoms with E-state index in [2.05, 4.69) is 16.3 Å². The number of aliphatic hydroxyl groups excluding tert-OH is 1. The van der Waals surface area contributed by atoms with Crippen LogP contribution in [-0.4, -0.2) is 61.3 Å². The second kappa shape index (κ2) is 7.47. The summed E-state index contributed by atoms with van der Waals surface area (Å²) in [5.41, 5.74) is 0. The molecule has 1 aromatic heterocycles. The van der Waals surface area contributed by atoms with E-state index in [-0.39, 0.29) is 12.1 Å². The average molecular weight is 285 g/mol. The molecule has 0 aliphatic carbocycles. The number of aliphatic hydroxyl groups is 1. The van der Waals surface area contributed by atoms with Gasteiger partial charge < -0.3 is 20.2 Å². The van der Waals surface area contributed by atoms with Gasteiger partial charge in [-0.05, 0) is 32.5 Å². The van der Waals surface area contributed by atoms with Crippen molar-refractivity contribution in [2.45, 2.75) is 19.1 Å². The van der Waals surface area contributed by atoms with Crippen LogP contribution in [0.2, 0.25) is 0 Å². The lowest BCUT2D eigenvalue weighted by Crippen LogP contribution is -2.43. The first-order chi connectivity index (χ1) is 8.91. The smallest absolute Gasteiger partial charge is 0.317 e. The molecule has 108 valence electrons. The van der Waals surface area contributed by atoms with Crippen molar-refractivity contribution in [1.82, 2.24) is 15.1 Å². The van der Waals surface area contributed by atoms with Crippen molar-refractivity contribution in [3.8, 4) is 0 Å². The zero-order valence-corrected chi connectivity index (χ0v) is 12.8. The summed E-state index contributed by atoms with van der Waals surface area (Å²) in [5, 5.41) is 14.2. The van der Waals surface area contributed by atoms with Gasteiger partial charge in [0, 0.05) is 25.0 Å². The number of carbonyl (C=O) groups excluding carboxylic acids is 1. The highest BCUT2D eigenvalue weighted by atomic mass is 32.1. The Morgan fingerprint density at radius 2 is 2.16 bits per heavy atom. The summed E-state index contributed by atoms with van der Waals surface area (Å²) in [7, 11) is 5.67. The van der Waals surface area contributed by atoms with Gasteiger partial charge in [0.2, 0.25) is 0 Å². The quantitative estimate of drug-likeness (QED) is 0.830. The summed E-state index contributed by atoms with van der Waals surface area (Å²) in [4.78, 5) is 16.7. The number of amides is 2. The fourth-order valence-corrected chi connectivity index (χ4v) is 2.74. The molecule has 0 bridgehead atoms. The molecule has 1 rings (SSSR count). The van der Waals surface area contributed by atoms with Gasteiger partial charge in [0.25, 0.3) is 0 Å². The molecule has 2 N–H and O–H groups in total. The number of nitrogens with zero attached hydrogens (tertiary/aromatic N) is 2. The van der Waals surface area contributed by atoms with Gasteiger partial charge in [-0.15, -0.1) is 11.3 Å². The standard InChI is InChI=1S/C13H23N3O2S/c1-10(17)9-16(4)13(18)14-8-11(15(2)3)12-6-5-7-19-12/h5-7,10-11,17H,8-9H2,1-4H3,(H,14,18). The molecule has 2 atom stereocenters. The molecule has 0 radical (unpaired) electrons. The highest BCUT2D eigenvalue weighted by Gasteiger charge is 2.17. The van der Waals surface area contributed by atoms with E-state index in [9.17, 15) is 9.90 Å². The van der Waals surface area contributed by atoms with E-state index in [0.29, 0.717) is 13.1 Å². The molecule has 1 aromatic rings. The lowest BCUT2D eigenvalue weighted by Gasteiger charge is -2.25. The highest BCUT2D eigenvalue weighted by molar-refractivity contribution is 7.10. The van der Waals surface area contributed by atoms with Crippen molar-refractivity contribution >= 4 is 17.4 Å². The lowest BCUT2D eigenvalue weighted by molar-refractivity contribution is 0.142. The van der Waals surface area contributed by atoms with E-state index in [0.717, 1.165) is 0 Å². The largest absolute Gasteiger partial charge is 0.392 e. The third-order valence-corrected chi connectivity index (χ3v) is 3.80. The van der Waals surface area contributed by atoms with E-state index in [1.807, 2.05) is 25.5 Å². The predicted octanol–water partition coefficient (Wildman–Crippen LogP) is 1.37.